The Bertz CT molecular complexity index is 473. The van der Waals surface area contributed by atoms with Crippen molar-refractivity contribution in [3.63, 3.8) is 0 Å². The molecule has 0 saturated carbocycles. The smallest absolute Gasteiger partial charge is 0.311 e. The minimum Gasteiger partial charge on any atom is -0.481 e. The molecule has 0 unspecified atom stereocenters. The van der Waals surface area contributed by atoms with Crippen molar-refractivity contribution < 1.29 is 9.66 Å². The van der Waals surface area contributed by atoms with Crippen molar-refractivity contribution in [1.29, 1.82) is 0 Å². The first-order valence-electron chi connectivity index (χ1n) is 6.80. The zero-order valence-corrected chi connectivity index (χ0v) is 11.6. The first-order chi connectivity index (χ1) is 9.65. The van der Waals surface area contributed by atoms with Crippen LogP contribution in [0.4, 0.5) is 11.5 Å². The molecule has 2 heterocycles. The molecule has 0 radical (unpaired) electrons. The average molecular weight is 280 g/mol. The number of methoxy groups -OCH3 is 1. The second-order valence-electron chi connectivity index (χ2n) is 4.96. The Kier molecular flexibility index (Phi) is 4.73. The van der Waals surface area contributed by atoms with Gasteiger partial charge in [0, 0.05) is 25.2 Å². The highest BCUT2D eigenvalue weighted by molar-refractivity contribution is 5.59. The lowest BCUT2D eigenvalue weighted by Crippen LogP contribution is -2.35. The van der Waals surface area contributed by atoms with Crippen LogP contribution in [0, 0.1) is 16.0 Å². The van der Waals surface area contributed by atoms with Gasteiger partial charge in [-0.05, 0) is 31.7 Å². The number of ether oxygens (including phenoxy) is 1. The number of piperidine rings is 1. The first-order valence-corrected chi connectivity index (χ1v) is 6.80. The highest BCUT2D eigenvalue weighted by Gasteiger charge is 2.26. The number of pyridine rings is 1. The molecule has 1 aromatic rings. The Labute approximate surface area is 117 Å². The van der Waals surface area contributed by atoms with Gasteiger partial charge in [0.1, 0.15) is 0 Å². The number of hydrogen-bond donors (Lipinski definition) is 1. The van der Waals surface area contributed by atoms with E-state index in [4.69, 9.17) is 10.5 Å². The summed E-state index contributed by atoms with van der Waals surface area (Å²) in [4.78, 5) is 16.9. The number of aromatic nitrogens is 1. The third-order valence-electron chi connectivity index (χ3n) is 3.72. The van der Waals surface area contributed by atoms with Crippen LogP contribution in [0.3, 0.4) is 0 Å². The molecule has 0 aromatic carbocycles. The van der Waals surface area contributed by atoms with Crippen molar-refractivity contribution >= 4 is 11.5 Å². The van der Waals surface area contributed by atoms with Gasteiger partial charge in [0.05, 0.1) is 12.0 Å². The van der Waals surface area contributed by atoms with Gasteiger partial charge >= 0.3 is 5.69 Å². The lowest BCUT2D eigenvalue weighted by atomic mass is 9.93. The molecule has 0 spiro atoms. The van der Waals surface area contributed by atoms with Gasteiger partial charge in [-0.15, -0.1) is 0 Å². The SMILES string of the molecule is COc1ccc([N+](=O)[O-])c(N2CCC(CCN)CC2)n1. The van der Waals surface area contributed by atoms with Gasteiger partial charge in [0.25, 0.3) is 0 Å². The summed E-state index contributed by atoms with van der Waals surface area (Å²) in [5.74, 6) is 1.41. The van der Waals surface area contributed by atoms with E-state index in [9.17, 15) is 10.1 Å². The second-order valence-corrected chi connectivity index (χ2v) is 4.96. The molecule has 0 amide bonds. The van der Waals surface area contributed by atoms with Crippen LogP contribution >= 0.6 is 0 Å². The maximum atomic E-state index is 11.1. The van der Waals surface area contributed by atoms with Crippen LogP contribution in [0.25, 0.3) is 0 Å². The van der Waals surface area contributed by atoms with Crippen LogP contribution in [-0.4, -0.2) is 36.7 Å². The fourth-order valence-corrected chi connectivity index (χ4v) is 2.58. The van der Waals surface area contributed by atoms with E-state index >= 15 is 0 Å². The van der Waals surface area contributed by atoms with Gasteiger partial charge in [-0.25, -0.2) is 0 Å². The zero-order valence-electron chi connectivity index (χ0n) is 11.6. The zero-order chi connectivity index (χ0) is 14.5. The lowest BCUT2D eigenvalue weighted by Gasteiger charge is -2.32. The van der Waals surface area contributed by atoms with Crippen molar-refractivity contribution in [2.45, 2.75) is 19.3 Å². The molecule has 2 N–H and O–H groups in total. The van der Waals surface area contributed by atoms with Crippen LogP contribution < -0.4 is 15.4 Å². The van der Waals surface area contributed by atoms with Gasteiger partial charge in [-0.2, -0.15) is 4.98 Å². The first kappa shape index (κ1) is 14.5. The molecule has 1 aliphatic rings. The predicted octanol–water partition coefficient (Wildman–Crippen LogP) is 1.56. The van der Waals surface area contributed by atoms with E-state index < -0.39 is 4.92 Å². The molecule has 20 heavy (non-hydrogen) atoms. The fraction of sp³-hybridized carbons (Fsp3) is 0.615. The van der Waals surface area contributed by atoms with Gasteiger partial charge in [0.15, 0.2) is 0 Å². The van der Waals surface area contributed by atoms with Crippen LogP contribution in [-0.2, 0) is 0 Å². The summed E-state index contributed by atoms with van der Waals surface area (Å²) in [5, 5.41) is 11.1. The van der Waals surface area contributed by atoms with E-state index in [1.807, 2.05) is 4.90 Å². The molecule has 0 bridgehead atoms. The number of nitrogens with two attached hydrogens (primary N) is 1. The van der Waals surface area contributed by atoms with Crippen molar-refractivity contribution in [3.8, 4) is 5.88 Å². The van der Waals surface area contributed by atoms with E-state index in [2.05, 4.69) is 4.98 Å². The van der Waals surface area contributed by atoms with E-state index in [1.165, 1.54) is 19.2 Å². The van der Waals surface area contributed by atoms with Crippen molar-refractivity contribution in [3.05, 3.63) is 22.2 Å². The third kappa shape index (κ3) is 3.16. The minimum atomic E-state index is -0.395. The largest absolute Gasteiger partial charge is 0.481 e. The predicted molar refractivity (Wildman–Crippen MR) is 76.1 cm³/mol. The maximum Gasteiger partial charge on any atom is 0.311 e. The minimum absolute atomic E-state index is 0.0306. The Morgan fingerprint density at radius 2 is 2.20 bits per heavy atom. The summed E-state index contributed by atoms with van der Waals surface area (Å²) in [7, 11) is 1.51. The molecule has 1 aromatic heterocycles. The Hall–Kier alpha value is -1.89. The third-order valence-corrected chi connectivity index (χ3v) is 3.72. The van der Waals surface area contributed by atoms with E-state index in [-0.39, 0.29) is 5.69 Å². The quantitative estimate of drug-likeness (QED) is 0.649. The molecule has 1 aliphatic heterocycles. The van der Waals surface area contributed by atoms with E-state index in [0.717, 1.165) is 32.4 Å². The molecule has 0 aliphatic carbocycles. The van der Waals surface area contributed by atoms with E-state index in [1.54, 1.807) is 0 Å². The lowest BCUT2D eigenvalue weighted by molar-refractivity contribution is -0.384. The second kappa shape index (κ2) is 6.51. The number of anilines is 1. The van der Waals surface area contributed by atoms with Crippen LogP contribution in [0.2, 0.25) is 0 Å². The molecule has 110 valence electrons. The monoisotopic (exact) mass is 280 g/mol. The molecule has 0 atom stereocenters. The van der Waals surface area contributed by atoms with E-state index in [0.29, 0.717) is 24.2 Å². The molecule has 7 heteroatoms. The normalized spacial score (nSPS) is 16.2. The van der Waals surface area contributed by atoms with Crippen molar-refractivity contribution in [2.75, 3.05) is 31.6 Å². The molecule has 1 fully saturated rings. The maximum absolute atomic E-state index is 11.1. The summed E-state index contributed by atoms with van der Waals surface area (Å²) in [6, 6.07) is 2.97. The highest BCUT2D eigenvalue weighted by atomic mass is 16.6. The average Bonchev–Trinajstić information content (AvgIpc) is 2.47. The standard InChI is InChI=1S/C13H20N4O3/c1-20-12-3-2-11(17(18)19)13(15-12)16-8-5-10(4-7-14)6-9-16/h2-3,10H,4-9,14H2,1H3. The molecular weight excluding hydrogens is 260 g/mol. The molecular formula is C13H20N4O3. The van der Waals surface area contributed by atoms with Gasteiger partial charge in [-0.3, -0.25) is 10.1 Å². The fourth-order valence-electron chi connectivity index (χ4n) is 2.58. The molecule has 1 saturated heterocycles. The van der Waals surface area contributed by atoms with Gasteiger partial charge in [-0.1, -0.05) is 0 Å². The van der Waals surface area contributed by atoms with Crippen molar-refractivity contribution in [2.24, 2.45) is 11.7 Å². The Balaban J connectivity index is 2.17. The molecule has 2 rings (SSSR count). The summed E-state index contributed by atoms with van der Waals surface area (Å²) >= 11 is 0. The number of nitro groups is 1. The van der Waals surface area contributed by atoms with Crippen molar-refractivity contribution in [1.82, 2.24) is 4.98 Å². The topological polar surface area (TPSA) is 94.5 Å². The number of rotatable bonds is 5. The highest BCUT2D eigenvalue weighted by Crippen LogP contribution is 2.32. The summed E-state index contributed by atoms with van der Waals surface area (Å²) in [6.07, 6.45) is 3.00. The summed E-state index contributed by atoms with van der Waals surface area (Å²) in [5.41, 5.74) is 5.61. The Morgan fingerprint density at radius 1 is 1.50 bits per heavy atom. The number of nitrogens with zero attached hydrogens (tertiary/aromatic N) is 3. The summed E-state index contributed by atoms with van der Waals surface area (Å²) in [6.45, 7) is 2.24. The van der Waals surface area contributed by atoms with Crippen LogP contribution in [0.5, 0.6) is 5.88 Å². The van der Waals surface area contributed by atoms with Gasteiger partial charge < -0.3 is 15.4 Å². The van der Waals surface area contributed by atoms with Crippen LogP contribution in [0.15, 0.2) is 12.1 Å². The molecule has 7 nitrogen and oxygen atoms in total. The number of hydrogen-bond acceptors (Lipinski definition) is 6. The summed E-state index contributed by atoms with van der Waals surface area (Å²) < 4.78 is 5.06. The van der Waals surface area contributed by atoms with Gasteiger partial charge in [0.2, 0.25) is 11.7 Å². The Morgan fingerprint density at radius 3 is 2.75 bits per heavy atom. The van der Waals surface area contributed by atoms with Crippen LogP contribution in [0.1, 0.15) is 19.3 Å².